The van der Waals surface area contributed by atoms with Gasteiger partial charge in [-0.2, -0.15) is 0 Å². The second-order valence-electron chi connectivity index (χ2n) is 9.20. The molecule has 0 saturated carbocycles. The van der Waals surface area contributed by atoms with E-state index in [1.165, 1.54) is 109 Å². The molecular formula is C29H58O4. The lowest BCUT2D eigenvalue weighted by Gasteiger charge is -2.19. The molecule has 4 heteroatoms. The number of hydrogen-bond donors (Lipinski definition) is 0. The molecule has 0 atom stereocenters. The summed E-state index contributed by atoms with van der Waals surface area (Å²) in [5.41, 5.74) is 0. The van der Waals surface area contributed by atoms with Crippen molar-refractivity contribution in [1.29, 1.82) is 0 Å². The maximum atomic E-state index is 6.08. The van der Waals surface area contributed by atoms with E-state index < -0.39 is 0 Å². The van der Waals surface area contributed by atoms with Gasteiger partial charge in [-0.15, -0.1) is 0 Å². The molecule has 0 aliphatic carbocycles. The van der Waals surface area contributed by atoms with Gasteiger partial charge in [0.05, 0.1) is 6.26 Å². The summed E-state index contributed by atoms with van der Waals surface area (Å²) in [6.07, 6.45) is 28.1. The first kappa shape index (κ1) is 32.4. The summed E-state index contributed by atoms with van der Waals surface area (Å²) in [4.78, 5) is 0. The van der Waals surface area contributed by atoms with Crippen molar-refractivity contribution in [2.45, 2.75) is 149 Å². The number of unbranched alkanes of at least 4 members (excludes halogenated alkanes) is 15. The minimum Gasteiger partial charge on any atom is -0.475 e. The standard InChI is InChI=1S/C29H58O4/c1-4-7-9-22-26-32-29(33-27-23-10-8-5-2)24-20-18-16-14-12-11-13-15-17-19-21-25-31-28-30-6-3/h21,25,29H,4-20,22-24,26-28H2,1-3H3. The van der Waals surface area contributed by atoms with E-state index >= 15 is 0 Å². The molecule has 0 aromatic rings. The highest BCUT2D eigenvalue weighted by Gasteiger charge is 2.09. The summed E-state index contributed by atoms with van der Waals surface area (Å²) in [7, 11) is 0. The maximum Gasteiger partial charge on any atom is 0.188 e. The van der Waals surface area contributed by atoms with Gasteiger partial charge in [-0.25, -0.2) is 0 Å². The van der Waals surface area contributed by atoms with E-state index in [0.29, 0.717) is 13.4 Å². The minimum absolute atomic E-state index is 0.0203. The molecule has 0 spiro atoms. The number of hydrogen-bond acceptors (Lipinski definition) is 4. The molecule has 33 heavy (non-hydrogen) atoms. The van der Waals surface area contributed by atoms with Crippen LogP contribution in [0.15, 0.2) is 12.3 Å². The SMILES string of the molecule is CCCCCCOC(CCCCCCCCCCCC=COCOCC)OCCCCCC. The van der Waals surface area contributed by atoms with Crippen molar-refractivity contribution in [3.05, 3.63) is 12.3 Å². The summed E-state index contributed by atoms with van der Waals surface area (Å²) in [6, 6.07) is 0. The molecule has 0 aromatic heterocycles. The molecule has 0 fully saturated rings. The van der Waals surface area contributed by atoms with Gasteiger partial charge in [0.25, 0.3) is 0 Å². The van der Waals surface area contributed by atoms with E-state index in [1.807, 2.05) is 6.92 Å². The van der Waals surface area contributed by atoms with Crippen molar-refractivity contribution in [1.82, 2.24) is 0 Å². The van der Waals surface area contributed by atoms with Crippen LogP contribution < -0.4 is 0 Å². The van der Waals surface area contributed by atoms with Crippen molar-refractivity contribution in [3.63, 3.8) is 0 Å². The fourth-order valence-electron chi connectivity index (χ4n) is 3.82. The lowest BCUT2D eigenvalue weighted by Crippen LogP contribution is -2.19. The second-order valence-corrected chi connectivity index (χ2v) is 9.20. The number of allylic oxidation sites excluding steroid dienone is 1. The highest BCUT2D eigenvalue weighted by atomic mass is 16.7. The molecular weight excluding hydrogens is 412 g/mol. The molecule has 0 aliphatic rings. The average molecular weight is 471 g/mol. The van der Waals surface area contributed by atoms with Gasteiger partial charge >= 0.3 is 0 Å². The van der Waals surface area contributed by atoms with Crippen LogP contribution in [0.5, 0.6) is 0 Å². The third kappa shape index (κ3) is 27.5. The van der Waals surface area contributed by atoms with Gasteiger partial charge in [-0.05, 0) is 51.5 Å². The fourth-order valence-corrected chi connectivity index (χ4v) is 3.82. The van der Waals surface area contributed by atoms with Gasteiger partial charge < -0.3 is 18.9 Å². The van der Waals surface area contributed by atoms with Crippen LogP contribution >= 0.6 is 0 Å². The molecule has 0 rings (SSSR count). The normalized spacial score (nSPS) is 11.8. The average Bonchev–Trinajstić information content (AvgIpc) is 2.83. The lowest BCUT2D eigenvalue weighted by atomic mass is 10.1. The Morgan fingerprint density at radius 2 is 1.09 bits per heavy atom. The van der Waals surface area contributed by atoms with Gasteiger partial charge in [0, 0.05) is 19.8 Å². The van der Waals surface area contributed by atoms with Crippen molar-refractivity contribution in [3.8, 4) is 0 Å². The van der Waals surface area contributed by atoms with Crippen LogP contribution in [-0.2, 0) is 18.9 Å². The van der Waals surface area contributed by atoms with Crippen molar-refractivity contribution < 1.29 is 18.9 Å². The van der Waals surface area contributed by atoms with Crippen LogP contribution in [0.25, 0.3) is 0 Å². The largest absolute Gasteiger partial charge is 0.475 e. The van der Waals surface area contributed by atoms with E-state index in [9.17, 15) is 0 Å². The van der Waals surface area contributed by atoms with Crippen LogP contribution in [0.1, 0.15) is 143 Å². The Balaban J connectivity index is 3.59. The predicted molar refractivity (Wildman–Crippen MR) is 141 cm³/mol. The zero-order valence-electron chi connectivity index (χ0n) is 22.6. The summed E-state index contributed by atoms with van der Waals surface area (Å²) >= 11 is 0. The monoisotopic (exact) mass is 470 g/mol. The van der Waals surface area contributed by atoms with E-state index in [0.717, 1.165) is 26.1 Å². The van der Waals surface area contributed by atoms with Crippen LogP contribution in [-0.4, -0.2) is 32.9 Å². The molecule has 0 radical (unpaired) electrons. The molecule has 0 saturated heterocycles. The van der Waals surface area contributed by atoms with Crippen LogP contribution in [0.4, 0.5) is 0 Å². The van der Waals surface area contributed by atoms with Crippen molar-refractivity contribution in [2.75, 3.05) is 26.6 Å². The maximum absolute atomic E-state index is 6.08. The van der Waals surface area contributed by atoms with E-state index in [-0.39, 0.29) is 6.29 Å². The van der Waals surface area contributed by atoms with E-state index in [2.05, 4.69) is 19.9 Å². The third-order valence-electron chi connectivity index (χ3n) is 5.96. The molecule has 0 aliphatic heterocycles. The zero-order valence-corrected chi connectivity index (χ0v) is 22.6. The van der Waals surface area contributed by atoms with E-state index in [1.54, 1.807) is 6.26 Å². The first-order valence-corrected chi connectivity index (χ1v) is 14.4. The summed E-state index contributed by atoms with van der Waals surface area (Å²) in [5.74, 6) is 0. The number of rotatable bonds is 28. The smallest absolute Gasteiger partial charge is 0.188 e. The Morgan fingerprint density at radius 1 is 0.576 bits per heavy atom. The van der Waals surface area contributed by atoms with Crippen molar-refractivity contribution in [2.24, 2.45) is 0 Å². The van der Waals surface area contributed by atoms with Crippen LogP contribution in [0, 0.1) is 0 Å². The summed E-state index contributed by atoms with van der Waals surface area (Å²) in [5, 5.41) is 0. The Bertz CT molecular complexity index is 359. The molecule has 0 heterocycles. The molecule has 0 unspecified atom stereocenters. The minimum atomic E-state index is 0.0203. The highest BCUT2D eigenvalue weighted by Crippen LogP contribution is 2.15. The Hall–Kier alpha value is -0.580. The van der Waals surface area contributed by atoms with Crippen LogP contribution in [0.2, 0.25) is 0 Å². The van der Waals surface area contributed by atoms with Crippen molar-refractivity contribution >= 4 is 0 Å². The second kappa shape index (κ2) is 29.5. The Labute approximate surface area is 207 Å². The summed E-state index contributed by atoms with van der Waals surface area (Å²) < 4.78 is 22.5. The molecule has 198 valence electrons. The van der Waals surface area contributed by atoms with E-state index in [4.69, 9.17) is 18.9 Å². The first-order valence-electron chi connectivity index (χ1n) is 14.4. The molecule has 0 amide bonds. The lowest BCUT2D eigenvalue weighted by molar-refractivity contribution is -0.148. The Morgan fingerprint density at radius 3 is 1.64 bits per heavy atom. The zero-order chi connectivity index (χ0) is 24.1. The van der Waals surface area contributed by atoms with Crippen LogP contribution in [0.3, 0.4) is 0 Å². The van der Waals surface area contributed by atoms with Gasteiger partial charge in [0.15, 0.2) is 13.1 Å². The molecule has 0 aromatic carbocycles. The Kier molecular flexibility index (Phi) is 28.9. The predicted octanol–water partition coefficient (Wildman–Crippen LogP) is 9.32. The van der Waals surface area contributed by atoms with Gasteiger partial charge in [0.2, 0.25) is 0 Å². The van der Waals surface area contributed by atoms with Gasteiger partial charge in [-0.3, -0.25) is 0 Å². The molecule has 0 N–H and O–H groups in total. The summed E-state index contributed by atoms with van der Waals surface area (Å²) in [6.45, 7) is 9.27. The molecule has 0 bridgehead atoms. The highest BCUT2D eigenvalue weighted by molar-refractivity contribution is 4.72. The topological polar surface area (TPSA) is 36.9 Å². The third-order valence-corrected chi connectivity index (χ3v) is 5.96. The van der Waals surface area contributed by atoms with Gasteiger partial charge in [-0.1, -0.05) is 97.3 Å². The quantitative estimate of drug-likeness (QED) is 0.0648. The number of ether oxygens (including phenoxy) is 4. The first-order chi connectivity index (χ1) is 16.3. The fraction of sp³-hybridized carbons (Fsp3) is 0.931. The molecule has 4 nitrogen and oxygen atoms in total. The van der Waals surface area contributed by atoms with Gasteiger partial charge in [0.1, 0.15) is 0 Å².